The molecule has 104 valence electrons. The zero-order valence-corrected chi connectivity index (χ0v) is 11.7. The second-order valence-electron chi connectivity index (χ2n) is 4.80. The van der Waals surface area contributed by atoms with Crippen molar-refractivity contribution in [1.29, 1.82) is 0 Å². The number of methoxy groups -OCH3 is 1. The highest BCUT2D eigenvalue weighted by atomic mass is 35.5. The maximum atomic E-state index is 11.6. The van der Waals surface area contributed by atoms with Crippen molar-refractivity contribution in [2.75, 3.05) is 7.11 Å². The summed E-state index contributed by atoms with van der Waals surface area (Å²) in [5.74, 6) is -0.0282. The van der Waals surface area contributed by atoms with Gasteiger partial charge in [0.25, 0.3) is 0 Å². The number of phenolic OH excluding ortho intramolecular Hbond substituents is 1. The van der Waals surface area contributed by atoms with E-state index in [1.807, 2.05) is 6.07 Å². The van der Waals surface area contributed by atoms with E-state index in [1.54, 1.807) is 6.07 Å². The van der Waals surface area contributed by atoms with Gasteiger partial charge in [-0.3, -0.25) is 4.79 Å². The normalized spacial score (nSPS) is 15.7. The molecule has 0 aromatic heterocycles. The van der Waals surface area contributed by atoms with Gasteiger partial charge in [-0.1, -0.05) is 6.07 Å². The number of esters is 1. The molecule has 2 N–H and O–H groups in total. The van der Waals surface area contributed by atoms with E-state index in [4.69, 9.17) is 16.5 Å². The van der Waals surface area contributed by atoms with Crippen LogP contribution >= 0.6 is 11.8 Å². The SMILES string of the molecule is COC(=O)[C@H](Cc1ccc(O)c2c1CCCC2)NCl. The molecule has 19 heavy (non-hydrogen) atoms. The van der Waals surface area contributed by atoms with Crippen LogP contribution in [0.25, 0.3) is 0 Å². The summed E-state index contributed by atoms with van der Waals surface area (Å²) in [6, 6.07) is 2.99. The van der Waals surface area contributed by atoms with Crippen molar-refractivity contribution in [2.45, 2.75) is 38.1 Å². The molecule has 0 saturated heterocycles. The first-order valence-corrected chi connectivity index (χ1v) is 6.81. The molecule has 0 fully saturated rings. The van der Waals surface area contributed by atoms with E-state index in [0.29, 0.717) is 12.2 Å². The zero-order chi connectivity index (χ0) is 13.8. The Kier molecular flexibility index (Phi) is 4.66. The van der Waals surface area contributed by atoms with E-state index in [9.17, 15) is 9.90 Å². The van der Waals surface area contributed by atoms with Crippen molar-refractivity contribution in [2.24, 2.45) is 0 Å². The van der Waals surface area contributed by atoms with Crippen LogP contribution in [0.1, 0.15) is 29.5 Å². The highest BCUT2D eigenvalue weighted by Gasteiger charge is 2.23. The zero-order valence-electron chi connectivity index (χ0n) is 10.9. The second-order valence-corrected chi connectivity index (χ2v) is 5.02. The Labute approximate surface area is 117 Å². The number of carbonyl (C=O) groups is 1. The van der Waals surface area contributed by atoms with Crippen molar-refractivity contribution in [3.05, 3.63) is 28.8 Å². The van der Waals surface area contributed by atoms with E-state index in [2.05, 4.69) is 4.84 Å². The van der Waals surface area contributed by atoms with Gasteiger partial charge in [0.15, 0.2) is 0 Å². The number of phenols is 1. The van der Waals surface area contributed by atoms with Gasteiger partial charge in [-0.15, -0.1) is 0 Å². The molecule has 0 heterocycles. The summed E-state index contributed by atoms with van der Waals surface area (Å²) < 4.78 is 4.71. The van der Waals surface area contributed by atoms with Crippen molar-refractivity contribution in [3.8, 4) is 5.75 Å². The van der Waals surface area contributed by atoms with Crippen LogP contribution < -0.4 is 4.84 Å². The van der Waals surface area contributed by atoms with Gasteiger partial charge in [0, 0.05) is 0 Å². The summed E-state index contributed by atoms with van der Waals surface area (Å²) >= 11 is 5.61. The van der Waals surface area contributed by atoms with E-state index in [-0.39, 0.29) is 5.97 Å². The number of hydrogen-bond donors (Lipinski definition) is 2. The fraction of sp³-hybridized carbons (Fsp3) is 0.500. The summed E-state index contributed by atoms with van der Waals surface area (Å²) in [6.07, 6.45) is 4.51. The molecular formula is C14H18ClNO3. The van der Waals surface area contributed by atoms with Crippen LogP contribution in [0, 0.1) is 0 Å². The smallest absolute Gasteiger partial charge is 0.324 e. The Morgan fingerprint density at radius 2 is 2.11 bits per heavy atom. The molecule has 1 aromatic carbocycles. The highest BCUT2D eigenvalue weighted by molar-refractivity contribution is 6.14. The van der Waals surface area contributed by atoms with Gasteiger partial charge in [-0.05, 0) is 66.6 Å². The van der Waals surface area contributed by atoms with Crippen molar-refractivity contribution in [3.63, 3.8) is 0 Å². The van der Waals surface area contributed by atoms with Crippen LogP contribution in [0.15, 0.2) is 12.1 Å². The fourth-order valence-corrected chi connectivity index (χ4v) is 2.81. The molecule has 2 rings (SSSR count). The Morgan fingerprint density at radius 3 is 2.74 bits per heavy atom. The maximum Gasteiger partial charge on any atom is 0.324 e. The minimum absolute atomic E-state index is 0.354. The standard InChI is InChI=1S/C14H18ClNO3/c1-19-14(18)12(16-15)8-9-6-7-13(17)11-5-3-2-4-10(9)11/h6-7,12,16-17H,2-5,8H2,1H3/t12-/m0/s1. The van der Waals surface area contributed by atoms with Crippen LogP contribution in [-0.2, 0) is 28.8 Å². The maximum absolute atomic E-state index is 11.6. The first-order chi connectivity index (χ1) is 9.17. The molecule has 1 atom stereocenters. The monoisotopic (exact) mass is 283 g/mol. The molecular weight excluding hydrogens is 266 g/mol. The van der Waals surface area contributed by atoms with Crippen LogP contribution in [0.5, 0.6) is 5.75 Å². The number of carbonyl (C=O) groups excluding carboxylic acids is 1. The van der Waals surface area contributed by atoms with Crippen LogP contribution in [0.3, 0.4) is 0 Å². The second kappa shape index (κ2) is 6.26. The number of fused-ring (bicyclic) bond motifs is 1. The predicted molar refractivity (Wildman–Crippen MR) is 73.2 cm³/mol. The first-order valence-electron chi connectivity index (χ1n) is 6.44. The predicted octanol–water partition coefficient (Wildman–Crippen LogP) is 2.10. The average molecular weight is 284 g/mol. The van der Waals surface area contributed by atoms with Crippen LogP contribution in [0.2, 0.25) is 0 Å². The first kappa shape index (κ1) is 14.2. The van der Waals surface area contributed by atoms with Gasteiger partial charge < -0.3 is 9.84 Å². The van der Waals surface area contributed by atoms with Gasteiger partial charge in [-0.2, -0.15) is 0 Å². The third-order valence-corrected chi connectivity index (χ3v) is 3.91. The Hall–Kier alpha value is -1.26. The number of hydrogen-bond acceptors (Lipinski definition) is 4. The number of aromatic hydroxyl groups is 1. The third-order valence-electron chi connectivity index (χ3n) is 3.65. The Balaban J connectivity index is 2.27. The number of ether oxygens (including phenoxy) is 1. The summed E-state index contributed by atoms with van der Waals surface area (Å²) in [5.41, 5.74) is 3.23. The van der Waals surface area contributed by atoms with Gasteiger partial charge in [0.2, 0.25) is 0 Å². The molecule has 1 aliphatic rings. The Morgan fingerprint density at radius 1 is 1.42 bits per heavy atom. The number of halogens is 1. The van der Waals surface area contributed by atoms with Gasteiger partial charge in [0.05, 0.1) is 7.11 Å². The van der Waals surface area contributed by atoms with E-state index < -0.39 is 6.04 Å². The largest absolute Gasteiger partial charge is 0.508 e. The molecule has 1 aliphatic carbocycles. The van der Waals surface area contributed by atoms with Gasteiger partial charge in [-0.25, -0.2) is 4.84 Å². The van der Waals surface area contributed by atoms with E-state index in [1.165, 1.54) is 7.11 Å². The summed E-state index contributed by atoms with van der Waals surface area (Å²) in [6.45, 7) is 0. The number of nitrogens with one attached hydrogen (secondary N) is 1. The average Bonchev–Trinajstić information content (AvgIpc) is 2.46. The molecule has 4 nitrogen and oxygen atoms in total. The quantitative estimate of drug-likeness (QED) is 0.656. The Bertz CT molecular complexity index is 476. The molecule has 0 saturated carbocycles. The lowest BCUT2D eigenvalue weighted by molar-refractivity contribution is -0.142. The molecule has 0 radical (unpaired) electrons. The third kappa shape index (κ3) is 3.01. The lowest BCUT2D eigenvalue weighted by atomic mass is 9.85. The minimum atomic E-state index is -0.567. The topological polar surface area (TPSA) is 58.6 Å². The van der Waals surface area contributed by atoms with Gasteiger partial charge >= 0.3 is 5.97 Å². The number of benzene rings is 1. The van der Waals surface area contributed by atoms with Crippen molar-refractivity contribution >= 4 is 17.7 Å². The molecule has 0 unspecified atom stereocenters. The minimum Gasteiger partial charge on any atom is -0.508 e. The lowest BCUT2D eigenvalue weighted by Crippen LogP contribution is -2.34. The molecule has 5 heteroatoms. The molecule has 0 amide bonds. The summed E-state index contributed by atoms with van der Waals surface area (Å²) in [4.78, 5) is 14.0. The summed E-state index contributed by atoms with van der Waals surface area (Å²) in [7, 11) is 1.34. The molecule has 0 bridgehead atoms. The van der Waals surface area contributed by atoms with Gasteiger partial charge in [0.1, 0.15) is 11.8 Å². The summed E-state index contributed by atoms with van der Waals surface area (Å²) in [5, 5.41) is 9.89. The fourth-order valence-electron chi connectivity index (χ4n) is 2.64. The van der Waals surface area contributed by atoms with Crippen molar-refractivity contribution in [1.82, 2.24) is 4.84 Å². The number of rotatable bonds is 4. The van der Waals surface area contributed by atoms with Crippen LogP contribution in [0.4, 0.5) is 0 Å². The van der Waals surface area contributed by atoms with E-state index in [0.717, 1.165) is 42.4 Å². The highest BCUT2D eigenvalue weighted by Crippen LogP contribution is 2.32. The molecule has 1 aromatic rings. The lowest BCUT2D eigenvalue weighted by Gasteiger charge is -2.22. The van der Waals surface area contributed by atoms with E-state index >= 15 is 0 Å². The molecule has 0 spiro atoms. The van der Waals surface area contributed by atoms with Crippen molar-refractivity contribution < 1.29 is 14.6 Å². The molecule has 0 aliphatic heterocycles. The van der Waals surface area contributed by atoms with Crippen LogP contribution in [-0.4, -0.2) is 24.2 Å².